The van der Waals surface area contributed by atoms with Crippen molar-refractivity contribution >= 4 is 50.2 Å². The van der Waals surface area contributed by atoms with E-state index in [1.54, 1.807) is 60.7 Å². The molecule has 0 aliphatic heterocycles. The number of ketones is 1. The molecule has 32 heavy (non-hydrogen) atoms. The number of aromatic amines is 1. The quantitative estimate of drug-likeness (QED) is 0.246. The minimum atomic E-state index is -3.87. The highest BCUT2D eigenvalue weighted by Crippen LogP contribution is 2.22. The number of Topliss-reactive ketones (excluding diaryl/α,β-unsaturated/α-hetero) is 1. The molecule has 0 aliphatic rings. The number of hydrogen-bond acceptors (Lipinski definition) is 5. The Morgan fingerprint density at radius 1 is 0.938 bits per heavy atom. The van der Waals surface area contributed by atoms with E-state index in [0.29, 0.717) is 27.4 Å². The Balaban J connectivity index is 1.59. The summed E-state index contributed by atoms with van der Waals surface area (Å²) in [5, 5.41) is 3.09. The van der Waals surface area contributed by atoms with E-state index in [2.05, 4.69) is 10.3 Å². The second-order valence-corrected chi connectivity index (χ2v) is 9.75. The van der Waals surface area contributed by atoms with Crippen LogP contribution in [-0.4, -0.2) is 30.8 Å². The van der Waals surface area contributed by atoms with Gasteiger partial charge in [0.15, 0.2) is 16.8 Å². The van der Waals surface area contributed by atoms with Gasteiger partial charge in [0.25, 0.3) is 0 Å². The fourth-order valence-corrected chi connectivity index (χ4v) is 5.77. The average molecular weight is 467 g/mol. The average Bonchev–Trinajstić information content (AvgIpc) is 3.18. The molecule has 0 unspecified atom stereocenters. The normalized spacial score (nSPS) is 11.4. The standard InChI is InChI=1S/C23H19N3O4S2/c1-16(27)17-11-13-18(14-12-17)24-22(28)15-31-23-25-20-9-5-6-10-21(20)26(23)32(29,30)19-7-3-2-4-8-19/h2-14H,15H2,1H3,(H,24,27,28)/p+1. The fraction of sp³-hybridized carbons (Fsp3) is 0.0870. The number of nitrogens with zero attached hydrogens (tertiary/aromatic N) is 1. The van der Waals surface area contributed by atoms with Gasteiger partial charge in [0.2, 0.25) is 5.91 Å². The maximum Gasteiger partial charge on any atom is 0.336 e. The maximum atomic E-state index is 13.4. The second kappa shape index (κ2) is 8.97. The first-order valence-electron chi connectivity index (χ1n) is 9.73. The summed E-state index contributed by atoms with van der Waals surface area (Å²) in [5.74, 6) is -0.361. The fourth-order valence-electron chi connectivity index (χ4n) is 3.18. The number of imidazole rings is 1. The molecule has 0 saturated heterocycles. The lowest BCUT2D eigenvalue weighted by Crippen LogP contribution is -2.44. The molecule has 1 heterocycles. The van der Waals surface area contributed by atoms with E-state index in [4.69, 9.17) is 0 Å². The summed E-state index contributed by atoms with van der Waals surface area (Å²) >= 11 is 1.09. The molecule has 4 rings (SSSR count). The zero-order valence-electron chi connectivity index (χ0n) is 17.1. The van der Waals surface area contributed by atoms with Crippen LogP contribution in [0.25, 0.3) is 11.0 Å². The van der Waals surface area contributed by atoms with Crippen molar-refractivity contribution in [1.82, 2.24) is 4.98 Å². The van der Waals surface area contributed by atoms with Crippen molar-refractivity contribution in [3.05, 3.63) is 84.4 Å². The van der Waals surface area contributed by atoms with E-state index >= 15 is 0 Å². The lowest BCUT2D eigenvalue weighted by Gasteiger charge is -2.06. The number of anilines is 1. The van der Waals surface area contributed by atoms with Gasteiger partial charge in [-0.15, -0.1) is 3.97 Å². The molecular formula is C23H20N3O4S2+. The molecule has 4 aromatic rings. The van der Waals surface area contributed by atoms with E-state index in [0.717, 1.165) is 11.8 Å². The molecule has 0 radical (unpaired) electrons. The minimum Gasteiger partial charge on any atom is -0.325 e. The Hall–Kier alpha value is -3.43. The van der Waals surface area contributed by atoms with Gasteiger partial charge in [0.05, 0.1) is 5.75 Å². The number of benzene rings is 3. The number of H-pyrrole nitrogens is 1. The summed E-state index contributed by atoms with van der Waals surface area (Å²) in [4.78, 5) is 27.1. The molecule has 0 atom stereocenters. The highest BCUT2D eigenvalue weighted by atomic mass is 32.2. The zero-order chi connectivity index (χ0) is 22.7. The summed E-state index contributed by atoms with van der Waals surface area (Å²) in [6.07, 6.45) is 0. The second-order valence-electron chi connectivity index (χ2n) is 7.00. The van der Waals surface area contributed by atoms with Crippen LogP contribution in [0.1, 0.15) is 17.3 Å². The van der Waals surface area contributed by atoms with Gasteiger partial charge in [-0.3, -0.25) is 9.59 Å². The van der Waals surface area contributed by atoms with Crippen molar-refractivity contribution in [1.29, 1.82) is 0 Å². The Bertz CT molecular complexity index is 1400. The Labute approximate surface area is 189 Å². The van der Waals surface area contributed by atoms with E-state index < -0.39 is 10.0 Å². The first kappa shape index (κ1) is 21.8. The molecule has 0 aliphatic carbocycles. The summed E-state index contributed by atoms with van der Waals surface area (Å²) in [6.45, 7) is 1.48. The van der Waals surface area contributed by atoms with E-state index in [1.807, 2.05) is 6.07 Å². The van der Waals surface area contributed by atoms with Crippen LogP contribution in [0, 0.1) is 0 Å². The van der Waals surface area contributed by atoms with Crippen molar-refractivity contribution in [2.24, 2.45) is 0 Å². The monoisotopic (exact) mass is 466 g/mol. The van der Waals surface area contributed by atoms with Gasteiger partial charge in [-0.25, -0.2) is 4.98 Å². The molecule has 2 N–H and O–H groups in total. The van der Waals surface area contributed by atoms with E-state index in [9.17, 15) is 18.0 Å². The topological polar surface area (TPSA) is 100.0 Å². The van der Waals surface area contributed by atoms with Crippen LogP contribution in [0.2, 0.25) is 0 Å². The third kappa shape index (κ3) is 4.44. The molecule has 1 aromatic heterocycles. The number of nitrogens with one attached hydrogen (secondary N) is 2. The first-order valence-corrected chi connectivity index (χ1v) is 12.2. The number of para-hydroxylation sites is 2. The van der Waals surface area contributed by atoms with Gasteiger partial charge in [-0.05, 0) is 67.2 Å². The number of aromatic nitrogens is 2. The molecule has 0 fully saturated rings. The van der Waals surface area contributed by atoms with Crippen LogP contribution in [-0.2, 0) is 14.8 Å². The van der Waals surface area contributed by atoms with Gasteiger partial charge < -0.3 is 5.32 Å². The SMILES string of the molecule is CC(=O)c1ccc(NC(=O)CSc2[nH]c3ccccc3[n+]2S(=O)(=O)c2ccccc2)cc1. The van der Waals surface area contributed by atoms with E-state index in [1.165, 1.54) is 23.0 Å². The lowest BCUT2D eigenvalue weighted by atomic mass is 10.1. The predicted molar refractivity (Wildman–Crippen MR) is 123 cm³/mol. The molecule has 1 amide bonds. The number of fused-ring (bicyclic) bond motifs is 1. The number of rotatable bonds is 7. The number of carbonyl (C=O) groups excluding carboxylic acids is 2. The maximum absolute atomic E-state index is 13.4. The highest BCUT2D eigenvalue weighted by molar-refractivity contribution is 8.00. The number of hydrogen-bond donors (Lipinski definition) is 2. The molecule has 9 heteroatoms. The Morgan fingerprint density at radius 3 is 2.28 bits per heavy atom. The van der Waals surface area contributed by atoms with Crippen molar-refractivity contribution < 1.29 is 22.0 Å². The summed E-state index contributed by atoms with van der Waals surface area (Å²) in [6, 6.07) is 21.8. The third-order valence-electron chi connectivity index (χ3n) is 4.75. The predicted octanol–water partition coefficient (Wildman–Crippen LogP) is 3.63. The van der Waals surface area contributed by atoms with Crippen LogP contribution in [0.4, 0.5) is 5.69 Å². The van der Waals surface area contributed by atoms with Gasteiger partial charge in [0.1, 0.15) is 4.90 Å². The van der Waals surface area contributed by atoms with Crippen LogP contribution in [0.5, 0.6) is 0 Å². The molecular weight excluding hydrogens is 446 g/mol. The van der Waals surface area contributed by atoms with Gasteiger partial charge in [-0.1, -0.05) is 30.3 Å². The minimum absolute atomic E-state index is 0.00834. The molecule has 0 bridgehead atoms. The third-order valence-corrected chi connectivity index (χ3v) is 7.55. The zero-order valence-corrected chi connectivity index (χ0v) is 18.7. The van der Waals surface area contributed by atoms with Crippen LogP contribution in [0.15, 0.2) is 88.9 Å². The van der Waals surface area contributed by atoms with Crippen molar-refractivity contribution in [3.8, 4) is 0 Å². The smallest absolute Gasteiger partial charge is 0.325 e. The van der Waals surface area contributed by atoms with Crippen molar-refractivity contribution in [3.63, 3.8) is 0 Å². The summed E-state index contributed by atoms with van der Waals surface area (Å²) in [7, 11) is -3.87. The van der Waals surface area contributed by atoms with Crippen LogP contribution < -0.4 is 9.29 Å². The molecule has 7 nitrogen and oxygen atoms in total. The molecule has 3 aromatic carbocycles. The lowest BCUT2D eigenvalue weighted by molar-refractivity contribution is -0.526. The molecule has 162 valence electrons. The van der Waals surface area contributed by atoms with Crippen molar-refractivity contribution in [2.75, 3.05) is 11.1 Å². The Morgan fingerprint density at radius 2 is 1.59 bits per heavy atom. The Kier molecular flexibility index (Phi) is 6.11. The van der Waals surface area contributed by atoms with Crippen LogP contribution in [0.3, 0.4) is 0 Å². The van der Waals surface area contributed by atoms with Gasteiger partial charge >= 0.3 is 15.2 Å². The largest absolute Gasteiger partial charge is 0.336 e. The summed E-state index contributed by atoms with van der Waals surface area (Å²) < 4.78 is 27.9. The van der Waals surface area contributed by atoms with E-state index in [-0.39, 0.29) is 22.3 Å². The number of amides is 1. The van der Waals surface area contributed by atoms with Gasteiger partial charge in [-0.2, -0.15) is 8.42 Å². The first-order chi connectivity index (χ1) is 15.4. The highest BCUT2D eigenvalue weighted by Gasteiger charge is 2.31. The summed E-state index contributed by atoms with van der Waals surface area (Å²) in [5.41, 5.74) is 2.26. The van der Waals surface area contributed by atoms with Crippen molar-refractivity contribution in [2.45, 2.75) is 17.0 Å². The van der Waals surface area contributed by atoms with Crippen LogP contribution >= 0.6 is 11.8 Å². The van der Waals surface area contributed by atoms with Gasteiger partial charge in [0, 0.05) is 11.3 Å². The number of thioether (sulfide) groups is 1. The number of carbonyl (C=O) groups is 2. The molecule has 0 saturated carbocycles. The molecule has 0 spiro atoms.